The number of imide groups is 1. The van der Waals surface area contributed by atoms with Crippen molar-refractivity contribution in [2.45, 2.75) is 25.0 Å². The summed E-state index contributed by atoms with van der Waals surface area (Å²) in [5, 5.41) is 1.98. The van der Waals surface area contributed by atoms with Gasteiger partial charge in [0.15, 0.2) is 0 Å². The molecule has 2 fully saturated rings. The van der Waals surface area contributed by atoms with Crippen molar-refractivity contribution in [3.8, 4) is 0 Å². The van der Waals surface area contributed by atoms with Gasteiger partial charge in [0, 0.05) is 31.1 Å². The van der Waals surface area contributed by atoms with E-state index >= 15 is 0 Å². The highest BCUT2D eigenvalue weighted by Gasteiger charge is 2.43. The van der Waals surface area contributed by atoms with Crippen LogP contribution in [0.2, 0.25) is 0 Å². The first-order valence-electron chi connectivity index (χ1n) is 11.2. The fourth-order valence-electron chi connectivity index (χ4n) is 4.87. The van der Waals surface area contributed by atoms with Crippen LogP contribution in [0.25, 0.3) is 0 Å². The first kappa shape index (κ1) is 21.1. The van der Waals surface area contributed by atoms with E-state index in [1.165, 1.54) is 16.0 Å². The van der Waals surface area contributed by atoms with E-state index in [0.29, 0.717) is 13.0 Å². The number of hydrogen-bond donors (Lipinski definition) is 0. The number of thiophene rings is 1. The molecule has 0 aliphatic carbocycles. The molecule has 32 heavy (non-hydrogen) atoms. The quantitative estimate of drug-likeness (QED) is 0.542. The Morgan fingerprint density at radius 1 is 0.812 bits per heavy atom. The topological polar surface area (TPSA) is 43.9 Å². The molecule has 0 radical (unpaired) electrons. The lowest BCUT2D eigenvalue weighted by Crippen LogP contribution is -2.53. The van der Waals surface area contributed by atoms with Crippen LogP contribution < -0.4 is 0 Å². The second-order valence-electron chi connectivity index (χ2n) is 8.41. The molecule has 3 aromatic rings. The molecule has 2 aliphatic heterocycles. The van der Waals surface area contributed by atoms with E-state index in [-0.39, 0.29) is 23.9 Å². The highest BCUT2D eigenvalue weighted by Crippen LogP contribution is 2.31. The Labute approximate surface area is 192 Å². The van der Waals surface area contributed by atoms with Crippen molar-refractivity contribution in [3.63, 3.8) is 0 Å². The van der Waals surface area contributed by atoms with Crippen molar-refractivity contribution >= 4 is 23.2 Å². The Morgan fingerprint density at radius 3 is 2.00 bits per heavy atom. The van der Waals surface area contributed by atoms with Gasteiger partial charge in [0.1, 0.15) is 0 Å². The second-order valence-corrected chi connectivity index (χ2v) is 9.45. The van der Waals surface area contributed by atoms with Crippen molar-refractivity contribution in [3.05, 3.63) is 94.2 Å². The Balaban J connectivity index is 1.28. The largest absolute Gasteiger partial charge is 0.290 e. The van der Waals surface area contributed by atoms with Crippen LogP contribution in [0.3, 0.4) is 0 Å². The molecule has 164 valence electrons. The minimum atomic E-state index is -0.323. The fraction of sp³-hybridized carbons (Fsp3) is 0.308. The summed E-state index contributed by atoms with van der Waals surface area (Å²) >= 11 is 1.58. The molecule has 0 unspecified atom stereocenters. The average molecular weight is 446 g/mol. The van der Waals surface area contributed by atoms with Gasteiger partial charge in [-0.2, -0.15) is 0 Å². The maximum Gasteiger partial charge on any atom is 0.247 e. The van der Waals surface area contributed by atoms with Crippen LogP contribution in [0.15, 0.2) is 78.2 Å². The Kier molecular flexibility index (Phi) is 6.17. The van der Waals surface area contributed by atoms with Gasteiger partial charge < -0.3 is 0 Å². The van der Waals surface area contributed by atoms with Gasteiger partial charge in [0.2, 0.25) is 11.8 Å². The lowest BCUT2D eigenvalue weighted by molar-refractivity contribution is -0.140. The van der Waals surface area contributed by atoms with Crippen molar-refractivity contribution in [1.29, 1.82) is 0 Å². The monoisotopic (exact) mass is 445 g/mol. The number of rotatable bonds is 6. The van der Waals surface area contributed by atoms with Gasteiger partial charge in [-0.1, -0.05) is 66.7 Å². The highest BCUT2D eigenvalue weighted by molar-refractivity contribution is 7.09. The molecule has 6 heteroatoms. The standard InChI is InChI=1S/C26H27N3O2S/c30-24-18-23(26(31)29(24)19-22-12-7-17-32-22)27-13-15-28(16-14-27)25(20-8-3-1-4-9-20)21-10-5-2-6-11-21/h1-12,17,23,25H,13-16,18-19H2/t23-/m0/s1. The SMILES string of the molecule is O=C1C[C@H](N2CCN(C(c3ccccc3)c3ccccc3)CC2)C(=O)N1Cc1cccs1. The molecule has 1 atom stereocenters. The number of hydrogen-bond acceptors (Lipinski definition) is 5. The van der Waals surface area contributed by atoms with E-state index in [9.17, 15) is 9.59 Å². The van der Waals surface area contributed by atoms with Gasteiger partial charge in [0.05, 0.1) is 25.0 Å². The molecule has 1 aromatic heterocycles. The van der Waals surface area contributed by atoms with Crippen LogP contribution in [-0.2, 0) is 16.1 Å². The minimum Gasteiger partial charge on any atom is -0.290 e. The summed E-state index contributed by atoms with van der Waals surface area (Å²) in [5.74, 6) is -0.0956. The van der Waals surface area contributed by atoms with E-state index in [2.05, 4.69) is 58.3 Å². The van der Waals surface area contributed by atoms with Gasteiger partial charge in [-0.15, -0.1) is 11.3 Å². The zero-order valence-electron chi connectivity index (χ0n) is 18.0. The van der Waals surface area contributed by atoms with E-state index < -0.39 is 0 Å². The number of nitrogens with zero attached hydrogens (tertiary/aromatic N) is 3. The van der Waals surface area contributed by atoms with Gasteiger partial charge in [-0.3, -0.25) is 24.3 Å². The summed E-state index contributed by atoms with van der Waals surface area (Å²) in [4.78, 5) is 32.8. The maximum absolute atomic E-state index is 13.1. The molecule has 2 aliphatic rings. The molecule has 2 amide bonds. The number of amides is 2. The molecule has 5 rings (SSSR count). The van der Waals surface area contributed by atoms with Crippen LogP contribution >= 0.6 is 11.3 Å². The Bertz CT molecular complexity index is 1010. The molecule has 2 saturated heterocycles. The number of piperazine rings is 1. The van der Waals surface area contributed by atoms with Gasteiger partial charge in [0.25, 0.3) is 0 Å². The number of carbonyl (C=O) groups excluding carboxylic acids is 2. The molecule has 2 aromatic carbocycles. The molecule has 3 heterocycles. The maximum atomic E-state index is 13.1. The predicted octanol–water partition coefficient (Wildman–Crippen LogP) is 3.78. The summed E-state index contributed by atoms with van der Waals surface area (Å²) in [5.41, 5.74) is 2.56. The predicted molar refractivity (Wildman–Crippen MR) is 126 cm³/mol. The smallest absolute Gasteiger partial charge is 0.247 e. The van der Waals surface area contributed by atoms with Crippen molar-refractivity contribution < 1.29 is 9.59 Å². The minimum absolute atomic E-state index is 0.0421. The average Bonchev–Trinajstić information content (AvgIpc) is 3.45. The second kappa shape index (κ2) is 9.36. The van der Waals surface area contributed by atoms with E-state index in [1.807, 2.05) is 29.6 Å². The Hall–Kier alpha value is -2.80. The van der Waals surface area contributed by atoms with E-state index in [0.717, 1.165) is 31.1 Å². The van der Waals surface area contributed by atoms with Gasteiger partial charge in [-0.25, -0.2) is 0 Å². The van der Waals surface area contributed by atoms with Crippen molar-refractivity contribution in [2.75, 3.05) is 26.2 Å². The molecule has 0 saturated carbocycles. The summed E-state index contributed by atoms with van der Waals surface area (Å²) in [7, 11) is 0. The molecular weight excluding hydrogens is 418 g/mol. The first-order valence-corrected chi connectivity index (χ1v) is 12.0. The zero-order chi connectivity index (χ0) is 21.9. The number of benzene rings is 2. The van der Waals surface area contributed by atoms with Crippen LogP contribution in [0.1, 0.15) is 28.5 Å². The highest BCUT2D eigenvalue weighted by atomic mass is 32.1. The summed E-state index contributed by atoms with van der Waals surface area (Å²) in [6.45, 7) is 3.68. The van der Waals surface area contributed by atoms with E-state index in [1.54, 1.807) is 11.3 Å². The molecule has 0 N–H and O–H groups in total. The summed E-state index contributed by atoms with van der Waals surface area (Å²) in [6, 6.07) is 25.0. The summed E-state index contributed by atoms with van der Waals surface area (Å²) in [6.07, 6.45) is 0.297. The van der Waals surface area contributed by atoms with Crippen LogP contribution in [0.5, 0.6) is 0 Å². The molecule has 5 nitrogen and oxygen atoms in total. The van der Waals surface area contributed by atoms with Crippen LogP contribution in [0, 0.1) is 0 Å². The van der Waals surface area contributed by atoms with Crippen molar-refractivity contribution in [1.82, 2.24) is 14.7 Å². The number of carbonyl (C=O) groups is 2. The third-order valence-corrected chi connectivity index (χ3v) is 7.36. The summed E-state index contributed by atoms with van der Waals surface area (Å²) < 4.78 is 0. The molecule has 0 spiro atoms. The first-order chi connectivity index (χ1) is 15.7. The zero-order valence-corrected chi connectivity index (χ0v) is 18.8. The molecule has 0 bridgehead atoms. The third kappa shape index (κ3) is 4.26. The Morgan fingerprint density at radius 2 is 1.44 bits per heavy atom. The van der Waals surface area contributed by atoms with Crippen LogP contribution in [-0.4, -0.2) is 58.7 Å². The lowest BCUT2D eigenvalue weighted by Gasteiger charge is -2.41. The van der Waals surface area contributed by atoms with Crippen LogP contribution in [0.4, 0.5) is 0 Å². The lowest BCUT2D eigenvalue weighted by atomic mass is 9.96. The van der Waals surface area contributed by atoms with E-state index in [4.69, 9.17) is 0 Å². The number of likely N-dealkylation sites (tertiary alicyclic amines) is 1. The van der Waals surface area contributed by atoms with Gasteiger partial charge >= 0.3 is 0 Å². The third-order valence-electron chi connectivity index (χ3n) is 6.50. The van der Waals surface area contributed by atoms with Crippen molar-refractivity contribution in [2.24, 2.45) is 0 Å². The molecular formula is C26H27N3O2S. The van der Waals surface area contributed by atoms with Gasteiger partial charge in [-0.05, 0) is 22.6 Å². The fourth-order valence-corrected chi connectivity index (χ4v) is 5.56. The normalized spacial score (nSPS) is 20.4.